The molecular weight excluding hydrogens is 270 g/mol. The third-order valence-corrected chi connectivity index (χ3v) is 3.34. The molecule has 0 spiro atoms. The van der Waals surface area contributed by atoms with Crippen molar-refractivity contribution >= 4 is 18.3 Å². The highest BCUT2D eigenvalue weighted by molar-refractivity contribution is 7.80. The van der Waals surface area contributed by atoms with Crippen LogP contribution in [-0.4, -0.2) is 51.8 Å². The maximum Gasteiger partial charge on any atom is 0.229 e. The highest BCUT2D eigenvalue weighted by atomic mass is 32.1. The number of hydrogen-bond donors (Lipinski definition) is 5. The van der Waals surface area contributed by atoms with Gasteiger partial charge >= 0.3 is 0 Å². The van der Waals surface area contributed by atoms with Crippen molar-refractivity contribution in [2.45, 2.75) is 30.7 Å². The quantitative estimate of drug-likeness (QED) is 0.375. The molecular formula is C12H17NO5S. The molecule has 0 aliphatic carbocycles. The van der Waals surface area contributed by atoms with Gasteiger partial charge in [0.15, 0.2) is 0 Å². The second-order valence-corrected chi connectivity index (χ2v) is 4.75. The van der Waals surface area contributed by atoms with E-state index < -0.39 is 30.7 Å². The van der Waals surface area contributed by atoms with Crippen LogP contribution in [0.3, 0.4) is 0 Å². The minimum atomic E-state index is -1.34. The van der Waals surface area contributed by atoms with E-state index in [1.54, 1.807) is 24.3 Å². The molecule has 0 saturated carbocycles. The van der Waals surface area contributed by atoms with Gasteiger partial charge in [0, 0.05) is 11.4 Å². The Hall–Kier alpha value is -0.990. The summed E-state index contributed by atoms with van der Waals surface area (Å²) in [6.07, 6.45) is -5.66. The first-order valence-corrected chi connectivity index (χ1v) is 6.49. The molecule has 1 aliphatic heterocycles. The fraction of sp³-hybridized carbons (Fsp3) is 0.500. The van der Waals surface area contributed by atoms with E-state index in [1.165, 1.54) is 0 Å². The molecule has 5 atom stereocenters. The van der Waals surface area contributed by atoms with Gasteiger partial charge in [-0.3, -0.25) is 0 Å². The SMILES string of the molecule is Nc1ccc(O[C@H]2O[C@H](CS)[C@H](O)[C@H](O)[C@H]2O)cc1. The minimum absolute atomic E-state index is 0.201. The third-order valence-electron chi connectivity index (χ3n) is 2.98. The lowest BCUT2D eigenvalue weighted by molar-refractivity contribution is -0.266. The summed E-state index contributed by atoms with van der Waals surface area (Å²) in [6.45, 7) is 0. The first-order valence-electron chi connectivity index (χ1n) is 5.85. The van der Waals surface area contributed by atoms with Gasteiger partial charge < -0.3 is 30.5 Å². The van der Waals surface area contributed by atoms with Crippen LogP contribution in [-0.2, 0) is 4.74 Å². The van der Waals surface area contributed by atoms with Crippen molar-refractivity contribution in [2.24, 2.45) is 0 Å². The number of nitrogen functional groups attached to an aromatic ring is 1. The summed E-state index contributed by atoms with van der Waals surface area (Å²) >= 11 is 4.02. The van der Waals surface area contributed by atoms with Crippen LogP contribution in [0.25, 0.3) is 0 Å². The number of anilines is 1. The summed E-state index contributed by atoms with van der Waals surface area (Å²) in [7, 11) is 0. The van der Waals surface area contributed by atoms with E-state index in [0.29, 0.717) is 11.4 Å². The lowest BCUT2D eigenvalue weighted by Gasteiger charge is -2.39. The summed E-state index contributed by atoms with van der Waals surface area (Å²) < 4.78 is 10.8. The lowest BCUT2D eigenvalue weighted by Crippen LogP contribution is -2.59. The maximum atomic E-state index is 9.83. The Bertz CT molecular complexity index is 413. The van der Waals surface area contributed by atoms with Crippen LogP contribution in [0, 0.1) is 0 Å². The van der Waals surface area contributed by atoms with Crippen molar-refractivity contribution in [3.05, 3.63) is 24.3 Å². The molecule has 1 saturated heterocycles. The molecule has 1 heterocycles. The van der Waals surface area contributed by atoms with Crippen molar-refractivity contribution in [1.29, 1.82) is 0 Å². The van der Waals surface area contributed by atoms with E-state index in [2.05, 4.69) is 12.6 Å². The molecule has 2 rings (SSSR count). The van der Waals surface area contributed by atoms with Crippen molar-refractivity contribution < 1.29 is 24.8 Å². The summed E-state index contributed by atoms with van der Waals surface area (Å²) in [6, 6.07) is 6.54. The topological polar surface area (TPSA) is 105 Å². The Morgan fingerprint density at radius 2 is 1.74 bits per heavy atom. The van der Waals surface area contributed by atoms with Gasteiger partial charge in [-0.25, -0.2) is 0 Å². The molecule has 0 bridgehead atoms. The van der Waals surface area contributed by atoms with Gasteiger partial charge in [-0.1, -0.05) is 0 Å². The summed E-state index contributed by atoms with van der Waals surface area (Å²) in [5.74, 6) is 0.645. The van der Waals surface area contributed by atoms with Gasteiger partial charge in [-0.2, -0.15) is 12.6 Å². The van der Waals surface area contributed by atoms with E-state index >= 15 is 0 Å². The van der Waals surface area contributed by atoms with Gasteiger partial charge in [-0.15, -0.1) is 0 Å². The summed E-state index contributed by atoms with van der Waals surface area (Å²) in [5.41, 5.74) is 6.14. The Morgan fingerprint density at radius 3 is 2.32 bits per heavy atom. The number of nitrogens with two attached hydrogens (primary N) is 1. The normalized spacial score (nSPS) is 35.1. The van der Waals surface area contributed by atoms with Gasteiger partial charge in [0.25, 0.3) is 0 Å². The number of thiol groups is 1. The molecule has 1 fully saturated rings. The molecule has 0 aromatic heterocycles. The zero-order chi connectivity index (χ0) is 14.0. The maximum absolute atomic E-state index is 9.83. The largest absolute Gasteiger partial charge is 0.462 e. The van der Waals surface area contributed by atoms with E-state index in [4.69, 9.17) is 15.2 Å². The van der Waals surface area contributed by atoms with Crippen LogP contribution >= 0.6 is 12.6 Å². The number of ether oxygens (including phenoxy) is 2. The molecule has 0 radical (unpaired) electrons. The number of hydrogen-bond acceptors (Lipinski definition) is 7. The number of rotatable bonds is 3. The number of benzene rings is 1. The van der Waals surface area contributed by atoms with E-state index in [9.17, 15) is 15.3 Å². The zero-order valence-corrected chi connectivity index (χ0v) is 11.0. The van der Waals surface area contributed by atoms with E-state index in [-0.39, 0.29) is 5.75 Å². The monoisotopic (exact) mass is 287 g/mol. The van der Waals surface area contributed by atoms with Crippen LogP contribution in [0.1, 0.15) is 0 Å². The lowest BCUT2D eigenvalue weighted by atomic mass is 10.00. The number of aliphatic hydroxyl groups is 3. The molecule has 1 aromatic carbocycles. The fourth-order valence-corrected chi connectivity index (χ4v) is 2.15. The molecule has 6 nitrogen and oxygen atoms in total. The Labute approximate surface area is 116 Å². The third kappa shape index (κ3) is 3.13. The van der Waals surface area contributed by atoms with Crippen molar-refractivity contribution in [3.63, 3.8) is 0 Å². The molecule has 1 aliphatic rings. The minimum Gasteiger partial charge on any atom is -0.462 e. The molecule has 106 valence electrons. The molecule has 0 amide bonds. The standard InChI is InChI=1S/C12H17NO5S/c13-6-1-3-7(4-2-6)17-12-11(16)10(15)9(14)8(5-19)18-12/h1-4,8-12,14-16,19H,5,13H2/t8-,9+,10+,11-,12+/m1/s1. The second-order valence-electron chi connectivity index (χ2n) is 4.38. The highest BCUT2D eigenvalue weighted by Gasteiger charge is 2.44. The van der Waals surface area contributed by atoms with Crippen LogP contribution in [0.4, 0.5) is 5.69 Å². The molecule has 7 heteroatoms. The fourth-order valence-electron chi connectivity index (χ4n) is 1.85. The second kappa shape index (κ2) is 5.98. The van der Waals surface area contributed by atoms with E-state index in [1.807, 2.05) is 0 Å². The van der Waals surface area contributed by atoms with Gasteiger partial charge in [0.1, 0.15) is 24.1 Å². The van der Waals surface area contributed by atoms with Crippen molar-refractivity contribution in [3.8, 4) is 5.75 Å². The summed E-state index contributed by atoms with van der Waals surface area (Å²) in [4.78, 5) is 0. The Morgan fingerprint density at radius 1 is 1.11 bits per heavy atom. The summed E-state index contributed by atoms with van der Waals surface area (Å²) in [5, 5.41) is 29.2. The molecule has 1 aromatic rings. The molecule has 19 heavy (non-hydrogen) atoms. The van der Waals surface area contributed by atoms with Crippen LogP contribution in [0.2, 0.25) is 0 Å². The Balaban J connectivity index is 2.08. The predicted molar refractivity (Wildman–Crippen MR) is 72.0 cm³/mol. The molecule has 0 unspecified atom stereocenters. The predicted octanol–water partition coefficient (Wildman–Crippen LogP) is -0.615. The van der Waals surface area contributed by atoms with Crippen LogP contribution in [0.5, 0.6) is 5.75 Å². The Kier molecular flexibility index (Phi) is 4.54. The van der Waals surface area contributed by atoms with Crippen LogP contribution < -0.4 is 10.5 Å². The van der Waals surface area contributed by atoms with Crippen LogP contribution in [0.15, 0.2) is 24.3 Å². The average molecular weight is 287 g/mol. The average Bonchev–Trinajstić information content (AvgIpc) is 2.42. The molecule has 5 N–H and O–H groups in total. The first-order chi connectivity index (χ1) is 9.02. The van der Waals surface area contributed by atoms with E-state index in [0.717, 1.165) is 0 Å². The zero-order valence-electron chi connectivity index (χ0n) is 10.1. The smallest absolute Gasteiger partial charge is 0.229 e. The highest BCUT2D eigenvalue weighted by Crippen LogP contribution is 2.25. The van der Waals surface area contributed by atoms with Gasteiger partial charge in [-0.05, 0) is 24.3 Å². The number of aliphatic hydroxyl groups excluding tert-OH is 3. The van der Waals surface area contributed by atoms with Gasteiger partial charge in [0.2, 0.25) is 6.29 Å². The van der Waals surface area contributed by atoms with Crippen molar-refractivity contribution in [1.82, 2.24) is 0 Å². The first kappa shape index (κ1) is 14.4. The van der Waals surface area contributed by atoms with Gasteiger partial charge in [0.05, 0.1) is 6.10 Å². The van der Waals surface area contributed by atoms with Crippen molar-refractivity contribution in [2.75, 3.05) is 11.5 Å².